The van der Waals surface area contributed by atoms with E-state index >= 15 is 0 Å². The highest BCUT2D eigenvalue weighted by Gasteiger charge is 2.25. The largest absolute Gasteiger partial charge is 0.507 e. The van der Waals surface area contributed by atoms with Crippen molar-refractivity contribution in [2.24, 2.45) is 0 Å². The Morgan fingerprint density at radius 2 is 2.06 bits per heavy atom. The summed E-state index contributed by atoms with van der Waals surface area (Å²) in [4.78, 5) is 12.0. The van der Waals surface area contributed by atoms with E-state index in [-0.39, 0.29) is 28.6 Å². The van der Waals surface area contributed by atoms with Crippen LogP contribution in [0, 0.1) is 0 Å². The number of alkyl halides is 1. The first kappa shape index (κ1) is 13.5. The molecule has 18 heavy (non-hydrogen) atoms. The minimum Gasteiger partial charge on any atom is -0.507 e. The van der Waals surface area contributed by atoms with Crippen molar-refractivity contribution in [3.8, 4) is 5.75 Å². The fourth-order valence-electron chi connectivity index (χ4n) is 2.18. The summed E-state index contributed by atoms with van der Waals surface area (Å²) in [6, 6.07) is 4.37. The van der Waals surface area contributed by atoms with Gasteiger partial charge in [-0.25, -0.2) is 0 Å². The summed E-state index contributed by atoms with van der Waals surface area (Å²) in [6.07, 6.45) is 3.95. The fourth-order valence-corrected chi connectivity index (χ4v) is 2.70. The van der Waals surface area contributed by atoms with Gasteiger partial charge < -0.3 is 10.4 Å². The van der Waals surface area contributed by atoms with E-state index < -0.39 is 0 Å². The molecule has 1 aliphatic rings. The number of amides is 1. The Bertz CT molecular complexity index is 451. The van der Waals surface area contributed by atoms with Gasteiger partial charge in [0.15, 0.2) is 0 Å². The average molecular weight is 288 g/mol. The van der Waals surface area contributed by atoms with E-state index in [0.29, 0.717) is 5.02 Å². The van der Waals surface area contributed by atoms with Crippen molar-refractivity contribution in [1.82, 2.24) is 5.32 Å². The maximum Gasteiger partial charge on any atom is 0.255 e. The summed E-state index contributed by atoms with van der Waals surface area (Å²) in [5, 5.41) is 12.9. The molecule has 1 fully saturated rings. The number of aromatic hydroxyl groups is 1. The second kappa shape index (κ2) is 5.81. The lowest BCUT2D eigenvalue weighted by Crippen LogP contribution is -2.42. The molecule has 5 heteroatoms. The molecule has 2 rings (SSSR count). The number of carbonyl (C=O) groups excluding carboxylic acids is 1. The van der Waals surface area contributed by atoms with Gasteiger partial charge in [-0.2, -0.15) is 0 Å². The first-order valence-corrected chi connectivity index (χ1v) is 6.83. The number of benzene rings is 1. The third kappa shape index (κ3) is 3.09. The lowest BCUT2D eigenvalue weighted by molar-refractivity contribution is 0.0926. The van der Waals surface area contributed by atoms with Crippen LogP contribution in [0.4, 0.5) is 0 Å². The number of nitrogens with one attached hydrogen (secondary N) is 1. The van der Waals surface area contributed by atoms with E-state index in [2.05, 4.69) is 5.32 Å². The van der Waals surface area contributed by atoms with Crippen LogP contribution < -0.4 is 5.32 Å². The van der Waals surface area contributed by atoms with E-state index in [1.54, 1.807) is 6.07 Å². The molecule has 0 aromatic heterocycles. The van der Waals surface area contributed by atoms with Crippen LogP contribution in [0.1, 0.15) is 36.0 Å². The first-order valence-electron chi connectivity index (χ1n) is 6.01. The third-order valence-corrected chi connectivity index (χ3v) is 3.96. The SMILES string of the molecule is O=C(NC1CCCCC1Cl)c1cc(Cl)ccc1O. The quantitative estimate of drug-likeness (QED) is 0.820. The van der Waals surface area contributed by atoms with Crippen molar-refractivity contribution < 1.29 is 9.90 Å². The van der Waals surface area contributed by atoms with E-state index in [1.807, 2.05) is 0 Å². The normalized spacial score (nSPS) is 23.7. The number of hydrogen-bond donors (Lipinski definition) is 2. The molecule has 0 radical (unpaired) electrons. The zero-order chi connectivity index (χ0) is 13.1. The van der Waals surface area contributed by atoms with Gasteiger partial charge in [-0.15, -0.1) is 11.6 Å². The molecule has 0 spiro atoms. The van der Waals surface area contributed by atoms with Gasteiger partial charge in [-0.05, 0) is 31.0 Å². The van der Waals surface area contributed by atoms with Gasteiger partial charge in [0.1, 0.15) is 5.75 Å². The summed E-state index contributed by atoms with van der Waals surface area (Å²) in [6.45, 7) is 0. The molecule has 2 N–H and O–H groups in total. The van der Waals surface area contributed by atoms with Crippen molar-refractivity contribution in [3.63, 3.8) is 0 Å². The lowest BCUT2D eigenvalue weighted by atomic mass is 9.94. The molecule has 3 nitrogen and oxygen atoms in total. The summed E-state index contributed by atoms with van der Waals surface area (Å²) >= 11 is 12.0. The number of halogens is 2. The maximum absolute atomic E-state index is 12.0. The van der Waals surface area contributed by atoms with Crippen molar-refractivity contribution >= 4 is 29.1 Å². The van der Waals surface area contributed by atoms with Crippen LogP contribution in [0.15, 0.2) is 18.2 Å². The lowest BCUT2D eigenvalue weighted by Gasteiger charge is -2.27. The monoisotopic (exact) mass is 287 g/mol. The Kier molecular flexibility index (Phi) is 4.36. The summed E-state index contributed by atoms with van der Waals surface area (Å²) in [5.74, 6) is -0.397. The predicted molar refractivity (Wildman–Crippen MR) is 72.5 cm³/mol. The summed E-state index contributed by atoms with van der Waals surface area (Å²) in [5.41, 5.74) is 0.192. The van der Waals surface area contributed by atoms with E-state index in [1.165, 1.54) is 12.1 Å². The molecule has 1 aliphatic carbocycles. The van der Waals surface area contributed by atoms with Crippen molar-refractivity contribution in [2.45, 2.75) is 37.1 Å². The number of carbonyl (C=O) groups is 1. The minimum atomic E-state index is -0.326. The van der Waals surface area contributed by atoms with Crippen LogP contribution in [-0.2, 0) is 0 Å². The van der Waals surface area contributed by atoms with E-state index in [4.69, 9.17) is 23.2 Å². The summed E-state index contributed by atoms with van der Waals surface area (Å²) < 4.78 is 0. The van der Waals surface area contributed by atoms with Gasteiger partial charge >= 0.3 is 0 Å². The molecule has 0 aliphatic heterocycles. The zero-order valence-electron chi connectivity index (χ0n) is 9.83. The third-order valence-electron chi connectivity index (χ3n) is 3.20. The van der Waals surface area contributed by atoms with Gasteiger partial charge in [-0.3, -0.25) is 4.79 Å². The average Bonchev–Trinajstić information content (AvgIpc) is 2.35. The molecule has 2 unspecified atom stereocenters. The Morgan fingerprint density at radius 3 is 2.78 bits per heavy atom. The molecule has 1 aromatic rings. The Morgan fingerprint density at radius 1 is 1.33 bits per heavy atom. The van der Waals surface area contributed by atoms with Crippen LogP contribution >= 0.6 is 23.2 Å². The molecule has 0 bridgehead atoms. The molecular weight excluding hydrogens is 273 g/mol. The highest BCUT2D eigenvalue weighted by molar-refractivity contribution is 6.31. The number of phenols is 1. The second-order valence-corrected chi connectivity index (χ2v) is 5.54. The van der Waals surface area contributed by atoms with Crippen LogP contribution in [0.3, 0.4) is 0 Å². The number of hydrogen-bond acceptors (Lipinski definition) is 2. The Balaban J connectivity index is 2.09. The molecule has 1 aromatic carbocycles. The second-order valence-electron chi connectivity index (χ2n) is 4.54. The van der Waals surface area contributed by atoms with Gasteiger partial charge in [0.25, 0.3) is 5.91 Å². The van der Waals surface area contributed by atoms with Crippen LogP contribution in [0.5, 0.6) is 5.75 Å². The van der Waals surface area contributed by atoms with E-state index in [0.717, 1.165) is 25.7 Å². The number of rotatable bonds is 2. The zero-order valence-corrected chi connectivity index (χ0v) is 11.3. The molecule has 0 heterocycles. The molecule has 1 amide bonds. The van der Waals surface area contributed by atoms with E-state index in [9.17, 15) is 9.90 Å². The molecule has 2 atom stereocenters. The van der Waals surface area contributed by atoms with Crippen molar-refractivity contribution in [2.75, 3.05) is 0 Å². The van der Waals surface area contributed by atoms with Gasteiger partial charge in [0.05, 0.1) is 10.9 Å². The highest BCUT2D eigenvalue weighted by Crippen LogP contribution is 2.25. The smallest absolute Gasteiger partial charge is 0.255 e. The molecular formula is C13H15Cl2NO2. The maximum atomic E-state index is 12.0. The van der Waals surface area contributed by atoms with Crippen LogP contribution in [0.2, 0.25) is 5.02 Å². The van der Waals surface area contributed by atoms with Gasteiger partial charge in [0, 0.05) is 11.1 Å². The van der Waals surface area contributed by atoms with Crippen LogP contribution in [0.25, 0.3) is 0 Å². The van der Waals surface area contributed by atoms with Gasteiger partial charge in [-0.1, -0.05) is 24.4 Å². The predicted octanol–water partition coefficient (Wildman–Crippen LogP) is 3.33. The topological polar surface area (TPSA) is 49.3 Å². The molecule has 98 valence electrons. The summed E-state index contributed by atoms with van der Waals surface area (Å²) in [7, 11) is 0. The standard InChI is InChI=1S/C13H15Cl2NO2/c14-8-5-6-12(17)9(7-8)13(18)16-11-4-2-1-3-10(11)15/h5-7,10-11,17H,1-4H2,(H,16,18). The Labute approximate surface area is 116 Å². The van der Waals surface area contributed by atoms with Crippen molar-refractivity contribution in [1.29, 1.82) is 0 Å². The highest BCUT2D eigenvalue weighted by atomic mass is 35.5. The first-order chi connectivity index (χ1) is 8.58. The van der Waals surface area contributed by atoms with Gasteiger partial charge in [0.2, 0.25) is 0 Å². The Hall–Kier alpha value is -0.930. The minimum absolute atomic E-state index is 0.0358. The number of phenolic OH excluding ortho intramolecular Hbond substituents is 1. The molecule has 1 saturated carbocycles. The van der Waals surface area contributed by atoms with Crippen LogP contribution in [-0.4, -0.2) is 22.4 Å². The fraction of sp³-hybridized carbons (Fsp3) is 0.462. The van der Waals surface area contributed by atoms with Crippen molar-refractivity contribution in [3.05, 3.63) is 28.8 Å². The molecule has 0 saturated heterocycles.